The van der Waals surface area contributed by atoms with Crippen LogP contribution in [0.1, 0.15) is 43.2 Å². The lowest BCUT2D eigenvalue weighted by Crippen LogP contribution is -2.47. The molecule has 0 unspecified atom stereocenters. The van der Waals surface area contributed by atoms with Crippen LogP contribution in [-0.4, -0.2) is 53.5 Å². The highest BCUT2D eigenvalue weighted by Crippen LogP contribution is 2.41. The Bertz CT molecular complexity index is 1220. The number of amides is 1. The van der Waals surface area contributed by atoms with Gasteiger partial charge in [-0.1, -0.05) is 31.7 Å². The number of hydrogen-bond acceptors (Lipinski definition) is 6. The highest BCUT2D eigenvalue weighted by molar-refractivity contribution is 8.13. The number of hydrogen-bond donors (Lipinski definition) is 1. The molecular weight excluding hydrogens is 496 g/mol. The van der Waals surface area contributed by atoms with Gasteiger partial charge in [0.05, 0.1) is 30.0 Å². The van der Waals surface area contributed by atoms with Gasteiger partial charge in [-0.05, 0) is 55.0 Å². The molecule has 1 aliphatic heterocycles. The Hall–Kier alpha value is -3.29. The van der Waals surface area contributed by atoms with Crippen LogP contribution in [0.4, 0.5) is 8.78 Å². The Labute approximate surface area is 220 Å². The van der Waals surface area contributed by atoms with Crippen LogP contribution in [0, 0.1) is 29.0 Å². The maximum absolute atomic E-state index is 15.4. The van der Waals surface area contributed by atoms with E-state index < -0.39 is 29.0 Å². The third-order valence-corrected chi connectivity index (χ3v) is 7.38. The van der Waals surface area contributed by atoms with E-state index in [1.54, 1.807) is 18.1 Å². The number of carbonyl (C=O) groups is 1. The van der Waals surface area contributed by atoms with Crippen molar-refractivity contribution < 1.29 is 18.3 Å². The number of amidine groups is 1. The topological polar surface area (TPSA) is 105 Å². The van der Waals surface area contributed by atoms with E-state index in [9.17, 15) is 9.18 Å². The molecule has 37 heavy (non-hydrogen) atoms. The van der Waals surface area contributed by atoms with E-state index in [4.69, 9.17) is 15.7 Å². The first-order valence-electron chi connectivity index (χ1n) is 11.9. The molecule has 0 radical (unpaired) electrons. The van der Waals surface area contributed by atoms with Gasteiger partial charge >= 0.3 is 0 Å². The highest BCUT2D eigenvalue weighted by Gasteiger charge is 2.42. The highest BCUT2D eigenvalue weighted by atomic mass is 32.2. The van der Waals surface area contributed by atoms with Gasteiger partial charge in [0, 0.05) is 30.8 Å². The number of ether oxygens (including phenoxy) is 1. The summed E-state index contributed by atoms with van der Waals surface area (Å²) >= 11 is 1.22. The van der Waals surface area contributed by atoms with Crippen molar-refractivity contribution in [1.82, 2.24) is 9.88 Å². The number of carbonyl (C=O) groups excluding carboxylic acids is 1. The molecule has 10 heteroatoms. The molecule has 1 aromatic heterocycles. The molecule has 2 aromatic rings. The Morgan fingerprint density at radius 3 is 2.62 bits per heavy atom. The number of pyridine rings is 1. The predicted molar refractivity (Wildman–Crippen MR) is 143 cm³/mol. The van der Waals surface area contributed by atoms with Crippen molar-refractivity contribution in [3.8, 4) is 6.07 Å². The summed E-state index contributed by atoms with van der Waals surface area (Å²) in [6.45, 7) is 7.36. The number of halogens is 2. The van der Waals surface area contributed by atoms with E-state index in [0.717, 1.165) is 0 Å². The molecule has 1 fully saturated rings. The molecule has 1 aliphatic rings. The zero-order valence-corrected chi connectivity index (χ0v) is 22.2. The van der Waals surface area contributed by atoms with E-state index in [-0.39, 0.29) is 22.3 Å². The van der Waals surface area contributed by atoms with Crippen LogP contribution in [0.3, 0.4) is 0 Å². The van der Waals surface area contributed by atoms with Crippen LogP contribution < -0.4 is 5.73 Å². The molecule has 2 heterocycles. The molecular formula is C27H31F2N5O2S. The number of morpholine rings is 1. The summed E-state index contributed by atoms with van der Waals surface area (Å²) in [7, 11) is 0. The second-order valence-corrected chi connectivity index (χ2v) is 9.92. The van der Waals surface area contributed by atoms with Crippen LogP contribution in [0.25, 0.3) is 11.9 Å². The van der Waals surface area contributed by atoms with Gasteiger partial charge in [-0.3, -0.25) is 14.8 Å². The smallest absolute Gasteiger partial charge is 0.225 e. The van der Waals surface area contributed by atoms with Gasteiger partial charge in [0.2, 0.25) is 5.91 Å². The number of aliphatic imine (C=N–C) groups is 1. The van der Waals surface area contributed by atoms with Gasteiger partial charge in [0.15, 0.2) is 5.17 Å². The van der Waals surface area contributed by atoms with Crippen molar-refractivity contribution in [2.45, 2.75) is 26.3 Å². The average Bonchev–Trinajstić information content (AvgIpc) is 2.93. The van der Waals surface area contributed by atoms with Crippen molar-refractivity contribution in [2.24, 2.45) is 22.6 Å². The van der Waals surface area contributed by atoms with Crippen molar-refractivity contribution in [3.05, 3.63) is 64.7 Å². The monoisotopic (exact) mass is 527 g/mol. The van der Waals surface area contributed by atoms with E-state index >= 15 is 4.39 Å². The zero-order valence-electron chi connectivity index (χ0n) is 21.4. The molecule has 0 bridgehead atoms. The van der Waals surface area contributed by atoms with Crippen molar-refractivity contribution >= 4 is 34.7 Å². The maximum atomic E-state index is 15.4. The molecule has 0 saturated carbocycles. The van der Waals surface area contributed by atoms with Crippen molar-refractivity contribution in [3.63, 3.8) is 0 Å². The third kappa shape index (κ3) is 6.53. The Kier molecular flexibility index (Phi) is 9.40. The normalized spacial score (nSPS) is 18.0. The lowest BCUT2D eigenvalue weighted by molar-refractivity contribution is -0.141. The summed E-state index contributed by atoms with van der Waals surface area (Å²) < 4.78 is 35.7. The van der Waals surface area contributed by atoms with Gasteiger partial charge in [-0.2, -0.15) is 5.26 Å². The van der Waals surface area contributed by atoms with E-state index in [1.165, 1.54) is 54.4 Å². The van der Waals surface area contributed by atoms with Gasteiger partial charge in [0.25, 0.3) is 0 Å². The molecule has 1 saturated heterocycles. The Morgan fingerprint density at radius 1 is 1.32 bits per heavy atom. The number of benzene rings is 1. The molecule has 2 N–H and O–H groups in total. The third-order valence-electron chi connectivity index (χ3n) is 6.87. The summed E-state index contributed by atoms with van der Waals surface area (Å²) in [4.78, 5) is 23.7. The summed E-state index contributed by atoms with van der Waals surface area (Å²) in [5.41, 5.74) is 5.84. The zero-order chi connectivity index (χ0) is 27.2. The minimum atomic E-state index is -1.22. The van der Waals surface area contributed by atoms with E-state index in [0.29, 0.717) is 37.4 Å². The summed E-state index contributed by atoms with van der Waals surface area (Å²) in [5, 5.41) is 9.17. The fraction of sp³-hybridized carbons (Fsp3) is 0.407. The van der Waals surface area contributed by atoms with Crippen LogP contribution in [-0.2, 0) is 15.1 Å². The predicted octanol–water partition coefficient (Wildman–Crippen LogP) is 4.58. The number of thioether (sulfide) groups is 1. The van der Waals surface area contributed by atoms with Gasteiger partial charge in [-0.15, -0.1) is 0 Å². The number of rotatable bonds is 7. The van der Waals surface area contributed by atoms with Crippen LogP contribution >= 0.6 is 11.8 Å². The minimum Gasteiger partial charge on any atom is -0.379 e. The Morgan fingerprint density at radius 2 is 2.03 bits per heavy atom. The lowest BCUT2D eigenvalue weighted by Gasteiger charge is -2.38. The molecule has 0 aliphatic carbocycles. The summed E-state index contributed by atoms with van der Waals surface area (Å²) in [5.74, 6) is -2.19. The molecule has 7 nitrogen and oxygen atoms in total. The number of aromatic nitrogens is 1. The molecule has 3 rings (SSSR count). The second-order valence-electron chi connectivity index (χ2n) is 9.09. The first-order valence-corrected chi connectivity index (χ1v) is 13.1. The van der Waals surface area contributed by atoms with Gasteiger partial charge in [0.1, 0.15) is 17.7 Å². The molecule has 1 aromatic carbocycles. The summed E-state index contributed by atoms with van der Waals surface area (Å²) in [6.07, 6.45) is 4.29. The van der Waals surface area contributed by atoms with Gasteiger partial charge in [-0.25, -0.2) is 8.78 Å². The van der Waals surface area contributed by atoms with Crippen molar-refractivity contribution in [2.75, 3.05) is 32.6 Å². The molecule has 1 amide bonds. The number of nitrogens with zero attached hydrogens (tertiary/aromatic N) is 4. The number of nitrogens with two attached hydrogens (primary N) is 1. The minimum absolute atomic E-state index is 0.0513. The quantitative estimate of drug-likeness (QED) is 0.417. The lowest BCUT2D eigenvalue weighted by atomic mass is 9.73. The van der Waals surface area contributed by atoms with Crippen LogP contribution in [0.15, 0.2) is 41.5 Å². The van der Waals surface area contributed by atoms with Gasteiger partial charge < -0.3 is 15.4 Å². The summed E-state index contributed by atoms with van der Waals surface area (Å²) in [6, 6.07) is 9.05. The molecule has 196 valence electrons. The van der Waals surface area contributed by atoms with Crippen LogP contribution in [0.5, 0.6) is 0 Å². The van der Waals surface area contributed by atoms with E-state index in [1.807, 2.05) is 19.9 Å². The number of nitriles is 1. The van der Waals surface area contributed by atoms with Crippen molar-refractivity contribution in [1.29, 1.82) is 5.26 Å². The molecule has 0 spiro atoms. The van der Waals surface area contributed by atoms with E-state index in [2.05, 4.69) is 9.98 Å². The maximum Gasteiger partial charge on any atom is 0.225 e. The SMILES string of the molecule is CS/C(N)=N\[C@](C)(c1cc(/C=C(\F)c2ccc(C#N)cn2)ccc1F)[C@H](C)[C@@H](C)C(=O)N1CCOCC1. The standard InChI is InChI=1S/C27H31F2N5O2S/c1-17(25(35)34-9-11-36-12-10-34)18(2)27(3,33-26(31)37-4)21-13-19(5-7-22(21)28)14-23(29)24-8-6-20(15-30)16-32-24/h5-8,13-14,16-18H,9-12H2,1-4H3,(H2,31,33)/b23-14-/t17-,18-,27+/m1/s1. The fourth-order valence-electron chi connectivity index (χ4n) is 4.30. The first kappa shape index (κ1) is 28.3. The first-order chi connectivity index (χ1) is 17.6. The second kappa shape index (κ2) is 12.3. The molecule has 3 atom stereocenters. The average molecular weight is 528 g/mol. The van der Waals surface area contributed by atoms with Crippen LogP contribution in [0.2, 0.25) is 0 Å². The largest absolute Gasteiger partial charge is 0.379 e. The Balaban J connectivity index is 2.02. The fourth-order valence-corrected chi connectivity index (χ4v) is 4.58.